The van der Waals surface area contributed by atoms with Crippen molar-refractivity contribution in [1.29, 1.82) is 0 Å². The predicted molar refractivity (Wildman–Crippen MR) is 84.6 cm³/mol. The first-order chi connectivity index (χ1) is 5.63. The largest absolute Gasteiger partial charge is 2.00 e. The quantitative estimate of drug-likeness (QED) is 0.437. The van der Waals surface area contributed by atoms with Gasteiger partial charge in [-0.25, -0.2) is 12.2 Å². The van der Waals surface area contributed by atoms with Gasteiger partial charge in [-0.05, 0) is 0 Å². The van der Waals surface area contributed by atoms with Crippen LogP contribution in [-0.2, 0) is 21.7 Å². The molecule has 0 N–H and O–H groups in total. The van der Waals surface area contributed by atoms with E-state index in [0.717, 1.165) is 6.42 Å². The smallest absolute Gasteiger partial charge is 1.00 e. The van der Waals surface area contributed by atoms with Crippen LogP contribution in [0, 0.1) is 35.8 Å². The van der Waals surface area contributed by atoms with Crippen LogP contribution in [-0.4, -0.2) is 15.0 Å². The van der Waals surface area contributed by atoms with Crippen molar-refractivity contribution in [3.05, 3.63) is 59.0 Å². The number of nitrogens with zero attached hydrogens (tertiary/aromatic N) is 1. The van der Waals surface area contributed by atoms with E-state index in [9.17, 15) is 0 Å². The first kappa shape index (κ1) is 50.2. The Kier molecular flexibility index (Phi) is 96.1. The van der Waals surface area contributed by atoms with Gasteiger partial charge in [-0.2, -0.15) is 6.08 Å². The molecule has 0 atom stereocenters. The van der Waals surface area contributed by atoms with Gasteiger partial charge in [-0.3, -0.25) is 6.08 Å². The van der Waals surface area contributed by atoms with Crippen LogP contribution in [0.25, 0.3) is 4.98 Å². The van der Waals surface area contributed by atoms with E-state index in [1.54, 1.807) is 0 Å². The normalized spacial score (nSPS) is 8.74. The molecule has 19 heavy (non-hydrogen) atoms. The van der Waals surface area contributed by atoms with Gasteiger partial charge >= 0.3 is 21.7 Å². The summed E-state index contributed by atoms with van der Waals surface area (Å²) >= 11 is 0. The number of rotatable bonds is 2. The van der Waals surface area contributed by atoms with Crippen LogP contribution < -0.4 is 24.8 Å². The molecule has 0 saturated carbocycles. The number of hydrogen-bond donors (Lipinski definition) is 0. The standard InChI is InChI=1S/C5H14NSi.C5H5.4CH3.2ClH.Ti/c1-5(2)6-7(3)4;1-2-4-5-3-1;;;;;;;/h5,7H,1-4H3;1-3H,4H2;4*1H3;2*1H;/q6*-1;;;+2/p-2. The van der Waals surface area contributed by atoms with Gasteiger partial charge in [0.15, 0.2) is 0 Å². The molecule has 0 aromatic heterocycles. The molecule has 1 nitrogen and oxygen atoms in total. The molecular formula is C14H31Cl2NSiTi-6. The number of allylic oxidation sites excluding steroid dienone is 4. The molecule has 0 aliphatic heterocycles. The van der Waals surface area contributed by atoms with E-state index >= 15 is 0 Å². The van der Waals surface area contributed by atoms with Gasteiger partial charge < -0.3 is 59.5 Å². The minimum atomic E-state index is -0.603. The van der Waals surface area contributed by atoms with Crippen molar-refractivity contribution >= 4 is 8.96 Å². The molecule has 0 amide bonds. The maximum Gasteiger partial charge on any atom is 2.00 e. The summed E-state index contributed by atoms with van der Waals surface area (Å²) in [5.74, 6) is 0. The van der Waals surface area contributed by atoms with Crippen LogP contribution in [0.1, 0.15) is 20.3 Å². The van der Waals surface area contributed by atoms with E-state index in [1.807, 2.05) is 12.2 Å². The van der Waals surface area contributed by atoms with E-state index < -0.39 is 8.96 Å². The van der Waals surface area contributed by atoms with Crippen molar-refractivity contribution in [1.82, 2.24) is 0 Å². The average molecular weight is 360 g/mol. The first-order valence-electron chi connectivity index (χ1n) is 4.54. The minimum Gasteiger partial charge on any atom is -1.00 e. The molecule has 0 fully saturated rings. The molecule has 0 spiro atoms. The van der Waals surface area contributed by atoms with Gasteiger partial charge in [0.05, 0.1) is 0 Å². The SMILES string of the molecule is CC(C)[N-][SiH](C)C.[C-]1=CC=CC1.[CH3-].[CH3-].[CH3-].[CH3-].[Cl-].[Cl-].[Ti+2]. The Balaban J connectivity index is -0.0000000157. The molecule has 0 heterocycles. The van der Waals surface area contributed by atoms with E-state index in [4.69, 9.17) is 0 Å². The summed E-state index contributed by atoms with van der Waals surface area (Å²) in [6.45, 7) is 8.74. The topological polar surface area (TPSA) is 14.1 Å². The Labute approximate surface area is 153 Å². The zero-order valence-electron chi connectivity index (χ0n) is 13.8. The van der Waals surface area contributed by atoms with Crippen LogP contribution in [0.2, 0.25) is 13.1 Å². The van der Waals surface area contributed by atoms with Crippen LogP contribution >= 0.6 is 0 Å². The Morgan fingerprint density at radius 2 is 1.47 bits per heavy atom. The molecule has 1 aliphatic rings. The molecule has 0 bridgehead atoms. The summed E-state index contributed by atoms with van der Waals surface area (Å²) in [4.78, 5) is 4.42. The van der Waals surface area contributed by atoms with E-state index in [2.05, 4.69) is 44.1 Å². The molecule has 0 radical (unpaired) electrons. The van der Waals surface area contributed by atoms with Gasteiger partial charge in [0.1, 0.15) is 0 Å². The third-order valence-electron chi connectivity index (χ3n) is 1.18. The second kappa shape index (κ2) is 36.4. The second-order valence-electron chi connectivity index (χ2n) is 3.34. The summed E-state index contributed by atoms with van der Waals surface area (Å²) in [6.07, 6.45) is 10.0. The third kappa shape index (κ3) is 55.0. The monoisotopic (exact) mass is 359 g/mol. The molecule has 0 saturated heterocycles. The van der Waals surface area contributed by atoms with Crippen molar-refractivity contribution in [2.75, 3.05) is 0 Å². The zero-order chi connectivity index (χ0) is 9.40. The Morgan fingerprint density at radius 3 is 1.53 bits per heavy atom. The van der Waals surface area contributed by atoms with Crippen LogP contribution in [0.3, 0.4) is 0 Å². The fourth-order valence-corrected chi connectivity index (χ4v) is 2.13. The van der Waals surface area contributed by atoms with Crippen LogP contribution in [0.5, 0.6) is 0 Å². The van der Waals surface area contributed by atoms with Crippen molar-refractivity contribution in [2.24, 2.45) is 0 Å². The Morgan fingerprint density at radius 1 is 1.05 bits per heavy atom. The third-order valence-corrected chi connectivity index (χ3v) is 2.37. The summed E-state index contributed by atoms with van der Waals surface area (Å²) < 4.78 is 0. The zero-order valence-corrected chi connectivity index (χ0v) is 18.0. The van der Waals surface area contributed by atoms with Crippen LogP contribution in [0.4, 0.5) is 0 Å². The van der Waals surface area contributed by atoms with Crippen molar-refractivity contribution in [3.8, 4) is 0 Å². The predicted octanol–water partition coefficient (Wildman–Crippen LogP) is -1.14. The molecule has 0 aromatic rings. The van der Waals surface area contributed by atoms with Gasteiger partial charge in [0, 0.05) is 0 Å². The van der Waals surface area contributed by atoms with Crippen molar-refractivity contribution < 1.29 is 46.5 Å². The molecule has 1 rings (SSSR count). The summed E-state index contributed by atoms with van der Waals surface area (Å²) in [5.41, 5.74) is 0. The maximum absolute atomic E-state index is 4.42. The molecule has 5 heteroatoms. The Hall–Kier alpha value is 0.951. The number of hydrogen-bond acceptors (Lipinski definition) is 0. The molecule has 0 unspecified atom stereocenters. The van der Waals surface area contributed by atoms with E-state index in [-0.39, 0.29) is 76.2 Å². The van der Waals surface area contributed by atoms with Crippen LogP contribution in [0.15, 0.2) is 18.2 Å². The molecule has 1 aliphatic carbocycles. The average Bonchev–Trinajstić information content (AvgIpc) is 2.36. The Bertz CT molecular complexity index is 148. The van der Waals surface area contributed by atoms with Gasteiger partial charge in [-0.15, -0.1) is 12.5 Å². The second-order valence-corrected chi connectivity index (χ2v) is 5.83. The van der Waals surface area contributed by atoms with Gasteiger partial charge in [0.2, 0.25) is 0 Å². The molecular weight excluding hydrogens is 329 g/mol. The van der Waals surface area contributed by atoms with E-state index in [0.29, 0.717) is 6.04 Å². The molecule has 120 valence electrons. The summed E-state index contributed by atoms with van der Waals surface area (Å²) in [6, 6.07) is 0.562. The minimum absolute atomic E-state index is 0. The van der Waals surface area contributed by atoms with Crippen molar-refractivity contribution in [2.45, 2.75) is 39.4 Å². The maximum atomic E-state index is 4.42. The van der Waals surface area contributed by atoms with E-state index in [1.165, 1.54) is 0 Å². The van der Waals surface area contributed by atoms with Gasteiger partial charge in [0.25, 0.3) is 0 Å². The van der Waals surface area contributed by atoms with Gasteiger partial charge in [-0.1, -0.05) is 35.9 Å². The van der Waals surface area contributed by atoms with Crippen molar-refractivity contribution in [3.63, 3.8) is 0 Å². The first-order valence-corrected chi connectivity index (χ1v) is 7.37. The molecule has 0 aromatic carbocycles. The fourth-order valence-electron chi connectivity index (χ4n) is 0.936. The summed E-state index contributed by atoms with van der Waals surface area (Å²) in [5, 5.41) is 0. The number of halogens is 2. The summed E-state index contributed by atoms with van der Waals surface area (Å²) in [7, 11) is -0.603. The fraction of sp³-hybridized carbons (Fsp3) is 0.429.